The van der Waals surface area contributed by atoms with Crippen LogP contribution in [0.2, 0.25) is 0 Å². The quantitative estimate of drug-likeness (QED) is 0.441. The number of hydrogen-bond donors (Lipinski definition) is 2. The van der Waals surface area contributed by atoms with Crippen molar-refractivity contribution in [3.8, 4) is 0 Å². The highest BCUT2D eigenvalue weighted by atomic mass is 31.2. The standard InChI is InChI=1S/C15H24N5O7P/c1-4-9-11(27-28(21,22)24-3)12(25-6-5-23-2)15(26-9)20-8-19-10-13(16)17-7-18-14(10)20/h7-9,11-12,15H,4-6H2,1-3H3,(H,21,22)(H2,16,17,18)/t9-,11+,12?,15-/m1/s1. The van der Waals surface area contributed by atoms with Crippen molar-refractivity contribution in [2.45, 2.75) is 37.9 Å². The fraction of sp³-hybridized carbons (Fsp3) is 0.667. The van der Waals surface area contributed by atoms with Gasteiger partial charge in [-0.1, -0.05) is 6.92 Å². The van der Waals surface area contributed by atoms with Crippen molar-refractivity contribution in [2.75, 3.05) is 33.2 Å². The summed E-state index contributed by atoms with van der Waals surface area (Å²) in [6.45, 7) is 2.42. The monoisotopic (exact) mass is 417 g/mol. The molecule has 0 aromatic carbocycles. The number of phosphoric ester groups is 1. The summed E-state index contributed by atoms with van der Waals surface area (Å²) in [7, 11) is -1.63. The van der Waals surface area contributed by atoms with Gasteiger partial charge < -0.3 is 24.8 Å². The van der Waals surface area contributed by atoms with Gasteiger partial charge in [-0.25, -0.2) is 19.5 Å². The summed E-state index contributed by atoms with van der Waals surface area (Å²) in [6.07, 6.45) is 0.496. The first kappa shape index (κ1) is 21.1. The van der Waals surface area contributed by atoms with Crippen molar-refractivity contribution in [1.82, 2.24) is 19.5 Å². The maximum Gasteiger partial charge on any atom is 0.472 e. The van der Waals surface area contributed by atoms with Gasteiger partial charge >= 0.3 is 7.82 Å². The summed E-state index contributed by atoms with van der Waals surface area (Å²) in [5.41, 5.74) is 6.73. The van der Waals surface area contributed by atoms with Gasteiger partial charge in [0.2, 0.25) is 0 Å². The van der Waals surface area contributed by atoms with Crippen molar-refractivity contribution in [3.63, 3.8) is 0 Å². The smallest absolute Gasteiger partial charge is 0.382 e. The zero-order chi connectivity index (χ0) is 20.3. The molecule has 1 aliphatic heterocycles. The second-order valence-electron chi connectivity index (χ2n) is 6.11. The second kappa shape index (κ2) is 8.78. The van der Waals surface area contributed by atoms with Crippen molar-refractivity contribution in [2.24, 2.45) is 0 Å². The van der Waals surface area contributed by atoms with Crippen LogP contribution >= 0.6 is 7.82 Å². The summed E-state index contributed by atoms with van der Waals surface area (Å²) >= 11 is 0. The number of imidazole rings is 1. The van der Waals surface area contributed by atoms with Crippen LogP contribution in [0.5, 0.6) is 0 Å². The van der Waals surface area contributed by atoms with E-state index < -0.39 is 32.4 Å². The molecule has 13 heteroatoms. The molecule has 28 heavy (non-hydrogen) atoms. The van der Waals surface area contributed by atoms with Gasteiger partial charge in [-0.05, 0) is 6.42 Å². The fourth-order valence-electron chi connectivity index (χ4n) is 3.09. The normalized spacial score (nSPS) is 27.3. The first-order valence-electron chi connectivity index (χ1n) is 8.67. The van der Waals surface area contributed by atoms with E-state index >= 15 is 0 Å². The van der Waals surface area contributed by atoms with E-state index in [1.165, 1.54) is 12.7 Å². The Morgan fingerprint density at radius 1 is 1.29 bits per heavy atom. The molecule has 1 saturated heterocycles. The van der Waals surface area contributed by atoms with Crippen LogP contribution in [0.1, 0.15) is 19.6 Å². The van der Waals surface area contributed by atoms with Gasteiger partial charge in [-0.15, -0.1) is 0 Å². The van der Waals surface area contributed by atoms with Crippen LogP contribution in [-0.2, 0) is 27.8 Å². The minimum absolute atomic E-state index is 0.226. The van der Waals surface area contributed by atoms with Gasteiger partial charge in [0.25, 0.3) is 0 Å². The molecule has 3 rings (SSSR count). The maximum absolute atomic E-state index is 12.0. The van der Waals surface area contributed by atoms with Crippen LogP contribution in [0.25, 0.3) is 11.2 Å². The summed E-state index contributed by atoms with van der Waals surface area (Å²) in [6, 6.07) is 0. The molecule has 3 N–H and O–H groups in total. The number of methoxy groups -OCH3 is 1. The van der Waals surface area contributed by atoms with Crippen molar-refractivity contribution in [1.29, 1.82) is 0 Å². The Morgan fingerprint density at radius 2 is 2.07 bits per heavy atom. The molecule has 156 valence electrons. The van der Waals surface area contributed by atoms with Gasteiger partial charge in [-0.3, -0.25) is 13.6 Å². The van der Waals surface area contributed by atoms with Crippen molar-refractivity contribution < 1.29 is 32.7 Å². The third-order valence-corrected chi connectivity index (χ3v) is 5.40. The van der Waals surface area contributed by atoms with Crippen LogP contribution in [0.4, 0.5) is 5.82 Å². The van der Waals surface area contributed by atoms with Crippen LogP contribution in [-0.4, -0.2) is 70.2 Å². The van der Waals surface area contributed by atoms with E-state index in [0.717, 1.165) is 7.11 Å². The number of nitrogens with zero attached hydrogens (tertiary/aromatic N) is 4. The molecule has 0 aliphatic carbocycles. The Hall–Kier alpha value is -1.66. The molecular weight excluding hydrogens is 393 g/mol. The SMILES string of the molecule is CC[C@H]1O[C@@H](n2cnc3c(N)ncnc32)C(OCCOC)[C@H]1OP(=O)(O)OC. The highest BCUT2D eigenvalue weighted by Gasteiger charge is 2.49. The predicted octanol–water partition coefficient (Wildman–Crippen LogP) is 0.879. The van der Waals surface area contributed by atoms with Crippen molar-refractivity contribution in [3.05, 3.63) is 12.7 Å². The summed E-state index contributed by atoms with van der Waals surface area (Å²) in [5, 5.41) is 0. The van der Waals surface area contributed by atoms with Gasteiger partial charge in [-0.2, -0.15) is 0 Å². The lowest BCUT2D eigenvalue weighted by atomic mass is 10.1. The predicted molar refractivity (Wildman–Crippen MR) is 97.3 cm³/mol. The van der Waals surface area contributed by atoms with Gasteiger partial charge in [0.15, 0.2) is 17.7 Å². The highest BCUT2D eigenvalue weighted by molar-refractivity contribution is 7.47. The number of phosphoric acid groups is 1. The average Bonchev–Trinajstić information content (AvgIpc) is 3.24. The van der Waals surface area contributed by atoms with E-state index in [2.05, 4.69) is 19.5 Å². The highest BCUT2D eigenvalue weighted by Crippen LogP contribution is 2.49. The van der Waals surface area contributed by atoms with Crippen LogP contribution in [0.15, 0.2) is 12.7 Å². The molecule has 1 fully saturated rings. The zero-order valence-corrected chi connectivity index (χ0v) is 16.7. The molecule has 2 unspecified atom stereocenters. The molecule has 3 heterocycles. The molecule has 0 amide bonds. The first-order valence-corrected chi connectivity index (χ1v) is 10.2. The van der Waals surface area contributed by atoms with Crippen molar-refractivity contribution >= 4 is 24.8 Å². The Labute approximate surface area is 161 Å². The molecule has 2 aromatic heterocycles. The minimum atomic E-state index is -4.27. The molecule has 0 saturated carbocycles. The van der Waals surface area contributed by atoms with E-state index in [0.29, 0.717) is 24.2 Å². The lowest BCUT2D eigenvalue weighted by Gasteiger charge is -2.25. The van der Waals surface area contributed by atoms with Crippen LogP contribution in [0, 0.1) is 0 Å². The van der Waals surface area contributed by atoms with Crippen LogP contribution < -0.4 is 5.73 Å². The van der Waals surface area contributed by atoms with E-state index in [-0.39, 0.29) is 12.4 Å². The molecule has 0 spiro atoms. The molecular formula is C15H24N5O7P. The number of hydrogen-bond acceptors (Lipinski definition) is 10. The molecule has 5 atom stereocenters. The number of rotatable bonds is 9. The lowest BCUT2D eigenvalue weighted by Crippen LogP contribution is -2.36. The van der Waals surface area contributed by atoms with E-state index in [1.54, 1.807) is 11.7 Å². The van der Waals surface area contributed by atoms with Gasteiger partial charge in [0.1, 0.15) is 24.1 Å². The second-order valence-corrected chi connectivity index (χ2v) is 7.62. The molecule has 0 radical (unpaired) electrons. The molecule has 0 bridgehead atoms. The molecule has 2 aromatic rings. The Balaban J connectivity index is 1.97. The van der Waals surface area contributed by atoms with Gasteiger partial charge in [0, 0.05) is 14.2 Å². The number of aromatic nitrogens is 4. The summed E-state index contributed by atoms with van der Waals surface area (Å²) < 4.78 is 40.7. The Bertz CT molecular complexity index is 849. The third kappa shape index (κ3) is 4.18. The first-order chi connectivity index (χ1) is 13.4. The number of ether oxygens (including phenoxy) is 3. The number of fused-ring (bicyclic) bond motifs is 1. The Morgan fingerprint density at radius 3 is 2.75 bits per heavy atom. The average molecular weight is 417 g/mol. The number of nitrogen functional groups attached to an aromatic ring is 1. The molecule has 1 aliphatic rings. The molecule has 12 nitrogen and oxygen atoms in total. The topological polar surface area (TPSA) is 153 Å². The largest absolute Gasteiger partial charge is 0.472 e. The van der Waals surface area contributed by atoms with Gasteiger partial charge in [0.05, 0.1) is 25.6 Å². The maximum atomic E-state index is 12.0. The number of anilines is 1. The Kier molecular flexibility index (Phi) is 6.61. The van der Waals surface area contributed by atoms with E-state index in [9.17, 15) is 9.46 Å². The lowest BCUT2D eigenvalue weighted by molar-refractivity contribution is -0.0761. The summed E-state index contributed by atoms with van der Waals surface area (Å²) in [5.74, 6) is 0.234. The summed E-state index contributed by atoms with van der Waals surface area (Å²) in [4.78, 5) is 22.2. The fourth-order valence-corrected chi connectivity index (χ4v) is 3.74. The minimum Gasteiger partial charge on any atom is -0.382 e. The van der Waals surface area contributed by atoms with E-state index in [1.807, 2.05) is 6.92 Å². The number of nitrogens with two attached hydrogens (primary N) is 1. The third-order valence-electron chi connectivity index (χ3n) is 4.43. The van der Waals surface area contributed by atoms with E-state index in [4.69, 9.17) is 24.5 Å². The van der Waals surface area contributed by atoms with Crippen LogP contribution in [0.3, 0.4) is 0 Å². The zero-order valence-electron chi connectivity index (χ0n) is 15.8.